The molecule has 0 aliphatic carbocycles. The Bertz CT molecular complexity index is 754. The van der Waals surface area contributed by atoms with Gasteiger partial charge in [-0.3, -0.25) is 9.69 Å². The van der Waals surface area contributed by atoms with Crippen LogP contribution in [0.25, 0.3) is 0 Å². The van der Waals surface area contributed by atoms with Crippen LogP contribution in [0.3, 0.4) is 0 Å². The zero-order valence-corrected chi connectivity index (χ0v) is 14.7. The van der Waals surface area contributed by atoms with E-state index in [9.17, 15) is 4.79 Å². The average Bonchev–Trinajstić information content (AvgIpc) is 3.20. The van der Waals surface area contributed by atoms with Crippen molar-refractivity contribution in [3.05, 3.63) is 70.9 Å². The lowest BCUT2D eigenvalue weighted by Crippen LogP contribution is -2.32. The highest BCUT2D eigenvalue weighted by Gasteiger charge is 2.37. The summed E-state index contributed by atoms with van der Waals surface area (Å²) in [4.78, 5) is 15.3. The van der Waals surface area contributed by atoms with Crippen molar-refractivity contribution < 1.29 is 4.79 Å². The van der Waals surface area contributed by atoms with Gasteiger partial charge < -0.3 is 0 Å². The van der Waals surface area contributed by atoms with Gasteiger partial charge in [0.05, 0.1) is 11.5 Å². The maximum Gasteiger partial charge on any atom is 0.242 e. The maximum atomic E-state index is 12.6. The van der Waals surface area contributed by atoms with Crippen molar-refractivity contribution in [1.82, 2.24) is 4.90 Å². The number of benzene rings is 1. The Kier molecular flexibility index (Phi) is 5.61. The van der Waals surface area contributed by atoms with E-state index in [1.165, 1.54) is 11.8 Å². The van der Waals surface area contributed by atoms with Crippen molar-refractivity contribution in [3.8, 4) is 0 Å². The van der Waals surface area contributed by atoms with Crippen LogP contribution in [0, 0.1) is 0 Å². The highest BCUT2D eigenvalue weighted by atomic mass is 32.2. The van der Waals surface area contributed by atoms with Gasteiger partial charge in [0.15, 0.2) is 5.17 Å². The summed E-state index contributed by atoms with van der Waals surface area (Å²) in [5.41, 5.74) is 1.14. The Labute approximate surface area is 149 Å². The third-order valence-electron chi connectivity index (χ3n) is 3.47. The smallest absolute Gasteiger partial charge is 0.242 e. The van der Waals surface area contributed by atoms with Crippen molar-refractivity contribution in [2.24, 2.45) is 10.2 Å². The van der Waals surface area contributed by atoms with Crippen molar-refractivity contribution in [3.63, 3.8) is 0 Å². The first kappa shape index (κ1) is 16.7. The Hall–Kier alpha value is -2.18. The van der Waals surface area contributed by atoms with Gasteiger partial charge >= 0.3 is 0 Å². The second kappa shape index (κ2) is 8.08. The van der Waals surface area contributed by atoms with E-state index >= 15 is 0 Å². The Morgan fingerprint density at radius 3 is 2.75 bits per heavy atom. The molecule has 0 spiro atoms. The molecule has 0 unspecified atom stereocenters. The topological polar surface area (TPSA) is 45.0 Å². The zero-order valence-electron chi connectivity index (χ0n) is 13.0. The molecule has 6 heteroatoms. The van der Waals surface area contributed by atoms with Crippen LogP contribution < -0.4 is 0 Å². The van der Waals surface area contributed by atoms with Gasteiger partial charge in [-0.05, 0) is 23.4 Å². The Balaban J connectivity index is 1.75. The quantitative estimate of drug-likeness (QED) is 0.449. The van der Waals surface area contributed by atoms with E-state index in [-0.39, 0.29) is 11.2 Å². The van der Waals surface area contributed by atoms with Crippen molar-refractivity contribution >= 4 is 40.4 Å². The molecule has 1 aromatic carbocycles. The largest absolute Gasteiger partial charge is 0.285 e. The van der Waals surface area contributed by atoms with Crippen molar-refractivity contribution in [2.45, 2.75) is 11.7 Å². The van der Waals surface area contributed by atoms with Gasteiger partial charge in [0.25, 0.3) is 0 Å². The van der Waals surface area contributed by atoms with E-state index in [1.807, 2.05) is 47.8 Å². The van der Waals surface area contributed by atoms with Gasteiger partial charge in [-0.25, -0.2) is 0 Å². The van der Waals surface area contributed by atoms with Gasteiger partial charge in [0.1, 0.15) is 0 Å². The normalized spacial score (nSPS) is 19.5. The summed E-state index contributed by atoms with van der Waals surface area (Å²) < 4.78 is 0. The van der Waals surface area contributed by atoms with Gasteiger partial charge in [0, 0.05) is 11.4 Å². The van der Waals surface area contributed by atoms with Crippen LogP contribution in [0.5, 0.6) is 0 Å². The molecular weight excluding hydrogens is 338 g/mol. The third kappa shape index (κ3) is 4.01. The standard InChI is InChI=1S/C18H17N3OS2/c1-2-10-21-17(22)16(12-14-7-4-3-5-8-14)24-18(21)20-19-13-15-9-6-11-23-15/h2-9,11,13,16H,1,10,12H2/b19-13-,20-18-/t16-/m1/s1. The molecule has 0 saturated carbocycles. The maximum absolute atomic E-state index is 12.6. The summed E-state index contributed by atoms with van der Waals surface area (Å²) in [5, 5.41) is 10.8. The van der Waals surface area contributed by atoms with Crippen LogP contribution in [0.1, 0.15) is 10.4 Å². The number of hydrogen-bond acceptors (Lipinski definition) is 5. The van der Waals surface area contributed by atoms with Crippen molar-refractivity contribution in [1.29, 1.82) is 0 Å². The molecule has 0 radical (unpaired) electrons. The third-order valence-corrected chi connectivity index (χ3v) is 5.44. The van der Waals surface area contributed by atoms with Crippen LogP contribution in [0.15, 0.2) is 70.7 Å². The molecule has 0 N–H and O–H groups in total. The fraction of sp³-hybridized carbons (Fsp3) is 0.167. The molecule has 0 bridgehead atoms. The van der Waals surface area contributed by atoms with E-state index in [0.717, 1.165) is 10.4 Å². The van der Waals surface area contributed by atoms with Gasteiger partial charge in [-0.1, -0.05) is 54.2 Å². The molecule has 1 aliphatic rings. The Morgan fingerprint density at radius 2 is 2.04 bits per heavy atom. The number of amides is 1. The second-order valence-electron chi connectivity index (χ2n) is 5.18. The molecule has 2 aromatic rings. The summed E-state index contributed by atoms with van der Waals surface area (Å²) in [6.45, 7) is 4.18. The van der Waals surface area contributed by atoms with E-state index in [2.05, 4.69) is 16.8 Å². The predicted octanol–water partition coefficient (Wildman–Crippen LogP) is 3.81. The highest BCUT2D eigenvalue weighted by Crippen LogP contribution is 2.30. The van der Waals surface area contributed by atoms with E-state index in [1.54, 1.807) is 28.5 Å². The number of rotatable bonds is 6. The minimum Gasteiger partial charge on any atom is -0.285 e. The number of amidine groups is 1. The fourth-order valence-electron chi connectivity index (χ4n) is 2.34. The molecule has 1 aromatic heterocycles. The lowest BCUT2D eigenvalue weighted by molar-refractivity contribution is -0.125. The number of hydrogen-bond donors (Lipinski definition) is 0. The highest BCUT2D eigenvalue weighted by molar-refractivity contribution is 8.15. The summed E-state index contributed by atoms with van der Waals surface area (Å²) in [5.74, 6) is 0.0637. The van der Waals surface area contributed by atoms with Crippen LogP contribution >= 0.6 is 23.1 Å². The minimum absolute atomic E-state index is 0.0637. The number of thiophene rings is 1. The summed E-state index contributed by atoms with van der Waals surface area (Å²) in [6, 6.07) is 14.0. The SMILES string of the molecule is C=CCN1C(=O)[C@@H](Cc2ccccc2)S/C1=N\N=C/c1cccs1. The first-order valence-corrected chi connectivity index (χ1v) is 9.31. The predicted molar refractivity (Wildman–Crippen MR) is 103 cm³/mol. The lowest BCUT2D eigenvalue weighted by atomic mass is 10.1. The first-order valence-electron chi connectivity index (χ1n) is 7.55. The number of carbonyl (C=O) groups excluding carboxylic acids is 1. The molecule has 1 saturated heterocycles. The Morgan fingerprint density at radius 1 is 1.21 bits per heavy atom. The van der Waals surface area contributed by atoms with Crippen molar-refractivity contribution in [2.75, 3.05) is 6.54 Å². The number of carbonyl (C=O) groups is 1. The molecule has 122 valence electrons. The van der Waals surface area contributed by atoms with E-state index < -0.39 is 0 Å². The van der Waals surface area contributed by atoms with E-state index in [4.69, 9.17) is 0 Å². The summed E-state index contributed by atoms with van der Waals surface area (Å²) >= 11 is 3.06. The number of thioether (sulfide) groups is 1. The van der Waals surface area contributed by atoms with Crippen LogP contribution in [0.4, 0.5) is 0 Å². The molecule has 1 fully saturated rings. The molecule has 2 heterocycles. The minimum atomic E-state index is -0.164. The molecule has 4 nitrogen and oxygen atoms in total. The average molecular weight is 355 g/mol. The lowest BCUT2D eigenvalue weighted by Gasteiger charge is -2.12. The molecule has 1 amide bonds. The molecule has 3 rings (SSSR count). The van der Waals surface area contributed by atoms with Crippen LogP contribution in [-0.2, 0) is 11.2 Å². The van der Waals surface area contributed by atoms with Crippen LogP contribution in [-0.4, -0.2) is 34.0 Å². The summed E-state index contributed by atoms with van der Waals surface area (Å²) in [6.07, 6.45) is 4.10. The fourth-order valence-corrected chi connectivity index (χ4v) is 4.06. The van der Waals surface area contributed by atoms with Gasteiger partial charge in [-0.15, -0.1) is 23.0 Å². The van der Waals surface area contributed by atoms with Gasteiger partial charge in [-0.2, -0.15) is 5.10 Å². The molecule has 1 aliphatic heterocycles. The number of nitrogens with zero attached hydrogens (tertiary/aromatic N) is 3. The summed E-state index contributed by atoms with van der Waals surface area (Å²) in [7, 11) is 0. The second-order valence-corrected chi connectivity index (χ2v) is 7.33. The zero-order chi connectivity index (χ0) is 16.8. The van der Waals surface area contributed by atoms with Crippen LogP contribution in [0.2, 0.25) is 0 Å². The first-order chi connectivity index (χ1) is 11.8. The molecule has 24 heavy (non-hydrogen) atoms. The molecular formula is C18H17N3OS2. The molecule has 1 atom stereocenters. The monoisotopic (exact) mass is 355 g/mol. The van der Waals surface area contributed by atoms with Gasteiger partial charge in [0.2, 0.25) is 5.91 Å². The van der Waals surface area contributed by atoms with E-state index in [0.29, 0.717) is 18.1 Å².